The van der Waals surface area contributed by atoms with Gasteiger partial charge in [0.15, 0.2) is 0 Å². The Morgan fingerprint density at radius 2 is 0.952 bits per heavy atom. The summed E-state index contributed by atoms with van der Waals surface area (Å²) in [5.41, 5.74) is 25.2. The summed E-state index contributed by atoms with van der Waals surface area (Å²) in [4.78, 5) is 4.37. The Labute approximate surface area is 373 Å². The summed E-state index contributed by atoms with van der Waals surface area (Å²) < 4.78 is 0. The zero-order valence-corrected chi connectivity index (χ0v) is 36.1. The van der Waals surface area contributed by atoms with Crippen LogP contribution in [0.25, 0.3) is 22.3 Å². The Kier molecular flexibility index (Phi) is 18.1. The van der Waals surface area contributed by atoms with Crippen LogP contribution in [0, 0.1) is 21.6 Å². The van der Waals surface area contributed by atoms with E-state index >= 15 is 0 Å². The van der Waals surface area contributed by atoms with E-state index in [2.05, 4.69) is 140 Å². The van der Waals surface area contributed by atoms with Crippen LogP contribution in [0.5, 0.6) is 0 Å². The van der Waals surface area contributed by atoms with Gasteiger partial charge in [-0.25, -0.2) is 0 Å². The molecule has 0 bridgehead atoms. The minimum atomic E-state index is 0.111. The van der Waals surface area contributed by atoms with Crippen molar-refractivity contribution >= 4 is 57.0 Å². The van der Waals surface area contributed by atoms with Crippen molar-refractivity contribution in [1.82, 2.24) is 0 Å². The van der Waals surface area contributed by atoms with Crippen LogP contribution in [0.4, 0.5) is 34.1 Å². The second kappa shape index (κ2) is 24.0. The van der Waals surface area contributed by atoms with Crippen LogP contribution in [0.1, 0.15) is 20.3 Å². The number of hydrogen-bond acceptors (Lipinski definition) is 8. The van der Waals surface area contributed by atoms with E-state index < -0.39 is 0 Å². The summed E-state index contributed by atoms with van der Waals surface area (Å²) in [6, 6.07) is 41.8. The Balaban J connectivity index is 0.000000457. The molecule has 6 rings (SSSR count). The number of nitrogens with one attached hydrogen (secondary N) is 4. The summed E-state index contributed by atoms with van der Waals surface area (Å²) in [5.74, 6) is 0. The van der Waals surface area contributed by atoms with E-state index in [0.29, 0.717) is 5.69 Å². The maximum atomic E-state index is 7.03. The van der Waals surface area contributed by atoms with E-state index in [0.717, 1.165) is 68.5 Å². The molecule has 8 nitrogen and oxygen atoms in total. The number of rotatable bonds is 15. The smallest absolute Gasteiger partial charge is 0.0789 e. The fourth-order valence-electron chi connectivity index (χ4n) is 6.35. The first-order valence-corrected chi connectivity index (χ1v) is 20.3. The van der Waals surface area contributed by atoms with Gasteiger partial charge in [0.05, 0.1) is 22.8 Å². The minimum absolute atomic E-state index is 0.111. The van der Waals surface area contributed by atoms with Gasteiger partial charge in [0, 0.05) is 45.5 Å². The molecule has 63 heavy (non-hydrogen) atoms. The number of nitrogens with two attached hydrogens (primary N) is 2. The van der Waals surface area contributed by atoms with Gasteiger partial charge in [-0.2, -0.15) is 0 Å². The van der Waals surface area contributed by atoms with Crippen molar-refractivity contribution in [3.05, 3.63) is 232 Å². The normalized spacial score (nSPS) is 12.0. The summed E-state index contributed by atoms with van der Waals surface area (Å²) >= 11 is 0. The second-order valence-corrected chi connectivity index (χ2v) is 13.9. The minimum Gasteiger partial charge on any atom is -0.399 e. The molecule has 316 valence electrons. The maximum absolute atomic E-state index is 7.03. The fourth-order valence-corrected chi connectivity index (χ4v) is 6.35. The van der Waals surface area contributed by atoms with Crippen molar-refractivity contribution in [2.75, 3.05) is 21.3 Å². The summed E-state index contributed by atoms with van der Waals surface area (Å²) in [7, 11) is 0. The van der Waals surface area contributed by atoms with Crippen molar-refractivity contribution in [1.29, 1.82) is 21.6 Å². The number of nitrogen functional groups attached to an aromatic ring is 2. The van der Waals surface area contributed by atoms with Crippen LogP contribution in [0.2, 0.25) is 0 Å². The first kappa shape index (κ1) is 47.3. The number of nitrogens with zero attached hydrogens (tertiary/aromatic N) is 2. The predicted octanol–water partition coefficient (Wildman–Crippen LogP) is 14.1. The molecule has 0 spiro atoms. The predicted molar refractivity (Wildman–Crippen MR) is 275 cm³/mol. The average Bonchev–Trinajstić information content (AvgIpc) is 3.30. The summed E-state index contributed by atoms with van der Waals surface area (Å²) in [5, 5.41) is 27.9. The zero-order valence-electron chi connectivity index (χ0n) is 36.1. The molecule has 0 saturated heterocycles. The summed E-state index contributed by atoms with van der Waals surface area (Å²) in [6.45, 7) is 18.7. The van der Waals surface area contributed by atoms with Gasteiger partial charge in [-0.15, -0.1) is 0 Å². The maximum Gasteiger partial charge on any atom is 0.0789 e. The average molecular weight is 829 g/mol. The lowest BCUT2D eigenvalue weighted by atomic mass is 9.99. The van der Waals surface area contributed by atoms with E-state index in [9.17, 15) is 0 Å². The number of allylic oxidation sites excluding steroid dienone is 12. The lowest BCUT2D eigenvalue weighted by Crippen LogP contribution is -2.15. The molecule has 5 aromatic carbocycles. The third-order valence-corrected chi connectivity index (χ3v) is 9.45. The summed E-state index contributed by atoms with van der Waals surface area (Å²) in [6.07, 6.45) is 22.2. The van der Waals surface area contributed by atoms with Gasteiger partial charge < -0.3 is 21.3 Å². The standard InChI is InChI=1S/C43H42N4.C6H6N2.C6H8N2/c1-5-11-38(8-4)46(42-16-9-14-36(44)30-42)40-26-22-34(23-27-40)32-18-20-33(21-19-32)35-24-28-41(29-25-35)47(39(12-6-2)13-7-3)43-17-10-15-37(45)31-43;7-5-3-1-2-4-6(5)8;1-3-5(7)6(8)4-2/h5-6,8-31H,1,4,7,44-45H2,2-3H3;1-4,7-8H;3-4,7-8H,1-2H2/b12-6-,38-11+,39-13+;;. The van der Waals surface area contributed by atoms with Crippen LogP contribution in [0.3, 0.4) is 0 Å². The van der Waals surface area contributed by atoms with Gasteiger partial charge in [0.2, 0.25) is 0 Å². The quantitative estimate of drug-likeness (QED) is 0.0269. The SMILES string of the molecule is C=C/C=C(\C=C)N(c1ccc(-c2ccc(-c3ccc(N(C(/C=C\C)=C/CC)c4cccc(N)c4)cc3)cc2)cc1)c1cccc(N)c1.C=CC(=N)C(=N)C=C.N=C1C=CC=CC1=N. The molecule has 8 N–H and O–H groups in total. The monoisotopic (exact) mass is 828 g/mol. The highest BCUT2D eigenvalue weighted by Crippen LogP contribution is 2.36. The molecule has 0 amide bonds. The first-order chi connectivity index (χ1) is 30.5. The molecule has 1 aliphatic carbocycles. The molecule has 0 atom stereocenters. The van der Waals surface area contributed by atoms with Gasteiger partial charge >= 0.3 is 0 Å². The highest BCUT2D eigenvalue weighted by molar-refractivity contribution is 6.49. The topological polar surface area (TPSA) is 154 Å². The van der Waals surface area contributed by atoms with E-state index in [1.165, 1.54) is 12.2 Å². The van der Waals surface area contributed by atoms with Gasteiger partial charge in [0.1, 0.15) is 0 Å². The molecule has 8 heteroatoms. The van der Waals surface area contributed by atoms with Crippen LogP contribution in [0.15, 0.2) is 232 Å². The molecule has 0 aromatic heterocycles. The highest BCUT2D eigenvalue weighted by atomic mass is 15.2. The molecule has 0 fully saturated rings. The molecule has 0 aliphatic heterocycles. The lowest BCUT2D eigenvalue weighted by molar-refractivity contribution is 1.13. The zero-order chi connectivity index (χ0) is 45.7. The number of benzene rings is 5. The van der Waals surface area contributed by atoms with E-state index in [1.54, 1.807) is 30.4 Å². The second-order valence-electron chi connectivity index (χ2n) is 13.9. The molecule has 0 unspecified atom stereocenters. The van der Waals surface area contributed by atoms with E-state index in [-0.39, 0.29) is 22.8 Å². The third-order valence-electron chi connectivity index (χ3n) is 9.45. The Morgan fingerprint density at radius 1 is 0.556 bits per heavy atom. The third kappa shape index (κ3) is 13.3. The molecular formula is C55H56N8. The molecule has 1 aliphatic rings. The number of anilines is 6. The van der Waals surface area contributed by atoms with E-state index in [4.69, 9.17) is 33.1 Å². The molecular weight excluding hydrogens is 773 g/mol. The van der Waals surface area contributed by atoms with Gasteiger partial charge in [-0.3, -0.25) is 21.6 Å². The highest BCUT2D eigenvalue weighted by Gasteiger charge is 2.15. The van der Waals surface area contributed by atoms with Gasteiger partial charge in [-0.05, 0) is 139 Å². The van der Waals surface area contributed by atoms with Crippen molar-refractivity contribution in [2.45, 2.75) is 20.3 Å². The number of hydrogen-bond donors (Lipinski definition) is 6. The largest absolute Gasteiger partial charge is 0.399 e. The fraction of sp³-hybridized carbons (Fsp3) is 0.0545. The van der Waals surface area contributed by atoms with E-state index in [1.807, 2.05) is 61.5 Å². The molecule has 5 aromatic rings. The van der Waals surface area contributed by atoms with Crippen molar-refractivity contribution < 1.29 is 0 Å². The van der Waals surface area contributed by atoms with Crippen LogP contribution in [-0.4, -0.2) is 22.8 Å². The first-order valence-electron chi connectivity index (χ1n) is 20.3. The Bertz CT molecular complexity index is 2550. The molecule has 0 saturated carbocycles. The Morgan fingerprint density at radius 3 is 1.27 bits per heavy atom. The lowest BCUT2D eigenvalue weighted by Gasteiger charge is -2.27. The molecule has 0 radical (unpaired) electrons. The molecule has 0 heterocycles. The van der Waals surface area contributed by atoms with Crippen LogP contribution in [-0.2, 0) is 0 Å². The van der Waals surface area contributed by atoms with Gasteiger partial charge in [-0.1, -0.05) is 124 Å². The van der Waals surface area contributed by atoms with Gasteiger partial charge in [0.25, 0.3) is 0 Å². The van der Waals surface area contributed by atoms with Crippen LogP contribution >= 0.6 is 0 Å². The Hall–Kier alpha value is -8.36. The van der Waals surface area contributed by atoms with Crippen molar-refractivity contribution in [3.63, 3.8) is 0 Å². The van der Waals surface area contributed by atoms with Crippen LogP contribution < -0.4 is 21.3 Å². The van der Waals surface area contributed by atoms with Crippen molar-refractivity contribution in [3.8, 4) is 22.3 Å². The van der Waals surface area contributed by atoms with Crippen molar-refractivity contribution in [2.24, 2.45) is 0 Å².